The van der Waals surface area contributed by atoms with Crippen LogP contribution in [0.1, 0.15) is 65.2 Å². The van der Waals surface area contributed by atoms with Gasteiger partial charge in [-0.25, -0.2) is 0 Å². The van der Waals surface area contributed by atoms with Crippen LogP contribution < -0.4 is 5.73 Å². The Labute approximate surface area is 127 Å². The minimum absolute atomic E-state index is 0.491. The number of rotatable bonds is 8. The van der Waals surface area contributed by atoms with Gasteiger partial charge in [-0.1, -0.05) is 51.2 Å². The molecule has 1 atom stereocenters. The molecule has 0 saturated heterocycles. The lowest BCUT2D eigenvalue weighted by molar-refractivity contribution is 0.0885. The molecule has 0 aromatic carbocycles. The van der Waals surface area contributed by atoms with Crippen LogP contribution in [0.15, 0.2) is 12.2 Å². The Morgan fingerprint density at radius 3 is 2.50 bits per heavy atom. The van der Waals surface area contributed by atoms with E-state index in [1.807, 2.05) is 6.92 Å². The van der Waals surface area contributed by atoms with Gasteiger partial charge in [0.05, 0.1) is 0 Å². The molecule has 0 heterocycles. The smallest absolute Gasteiger partial charge is 0.189 e. The maximum absolute atomic E-state index is 6.35. The molecule has 1 aliphatic carbocycles. The molecule has 0 aliphatic heterocycles. The minimum Gasteiger partial charge on any atom is -0.400 e. The van der Waals surface area contributed by atoms with Crippen LogP contribution in [-0.2, 0) is 4.43 Å². The minimum atomic E-state index is -1.61. The Bertz CT molecular complexity index is 293. The molecule has 0 amide bonds. The number of hydrogen-bond acceptors (Lipinski definition) is 2. The van der Waals surface area contributed by atoms with Gasteiger partial charge >= 0.3 is 0 Å². The van der Waals surface area contributed by atoms with E-state index in [-0.39, 0.29) is 0 Å². The van der Waals surface area contributed by atoms with Crippen LogP contribution in [0.2, 0.25) is 19.1 Å². The number of allylic oxidation sites excluding steroid dienone is 1. The van der Waals surface area contributed by atoms with Crippen molar-refractivity contribution in [2.24, 2.45) is 11.7 Å². The van der Waals surface area contributed by atoms with Crippen molar-refractivity contribution >= 4 is 8.32 Å². The van der Waals surface area contributed by atoms with Crippen molar-refractivity contribution in [1.29, 1.82) is 0 Å². The molecule has 2 N–H and O–H groups in total. The molecule has 1 unspecified atom stereocenters. The summed E-state index contributed by atoms with van der Waals surface area (Å²) >= 11 is 0. The van der Waals surface area contributed by atoms with Crippen molar-refractivity contribution in [1.82, 2.24) is 0 Å². The second-order valence-electron chi connectivity index (χ2n) is 7.31. The first kappa shape index (κ1) is 17.9. The largest absolute Gasteiger partial charge is 0.400 e. The molecular weight excluding hydrogens is 262 g/mol. The predicted octanol–water partition coefficient (Wildman–Crippen LogP) is 5.21. The van der Waals surface area contributed by atoms with Crippen molar-refractivity contribution in [3.8, 4) is 0 Å². The summed E-state index contributed by atoms with van der Waals surface area (Å²) < 4.78 is 6.28. The van der Waals surface area contributed by atoms with Gasteiger partial charge in [-0.05, 0) is 44.8 Å². The van der Waals surface area contributed by atoms with Gasteiger partial charge in [0, 0.05) is 6.42 Å². The molecule has 2 nitrogen and oxygen atoms in total. The van der Waals surface area contributed by atoms with E-state index in [0.717, 1.165) is 12.3 Å². The van der Waals surface area contributed by atoms with Gasteiger partial charge in [-0.3, -0.25) is 0 Å². The molecule has 0 radical (unpaired) electrons. The average Bonchev–Trinajstić information content (AvgIpc) is 2.36. The third kappa shape index (κ3) is 7.60. The monoisotopic (exact) mass is 297 g/mol. The summed E-state index contributed by atoms with van der Waals surface area (Å²) in [6.45, 7) is 8.86. The van der Waals surface area contributed by atoms with E-state index in [1.165, 1.54) is 51.0 Å². The lowest BCUT2D eigenvalue weighted by Gasteiger charge is -2.34. The van der Waals surface area contributed by atoms with Crippen molar-refractivity contribution < 1.29 is 4.43 Å². The highest BCUT2D eigenvalue weighted by atomic mass is 28.4. The topological polar surface area (TPSA) is 35.2 Å². The summed E-state index contributed by atoms with van der Waals surface area (Å²) in [5, 5.41) is 0. The van der Waals surface area contributed by atoms with Gasteiger partial charge in [0.2, 0.25) is 0 Å². The summed E-state index contributed by atoms with van der Waals surface area (Å²) in [5.74, 6) is 0.782. The van der Waals surface area contributed by atoms with Crippen LogP contribution in [-0.4, -0.2) is 14.0 Å². The van der Waals surface area contributed by atoms with Gasteiger partial charge in [-0.2, -0.15) is 0 Å². The molecule has 1 fully saturated rings. The predicted molar refractivity (Wildman–Crippen MR) is 91.2 cm³/mol. The fourth-order valence-corrected chi connectivity index (χ4v) is 5.80. The molecule has 0 spiro atoms. The zero-order chi connectivity index (χ0) is 15.1. The molecule has 118 valence electrons. The molecular formula is C17H35NOSi. The SMILES string of the molecule is CCCC[Si](C)(C)OC(C)(N)CC=CC1CCCCC1. The van der Waals surface area contributed by atoms with Crippen LogP contribution in [0, 0.1) is 5.92 Å². The first-order valence-corrected chi connectivity index (χ1v) is 11.6. The van der Waals surface area contributed by atoms with Crippen LogP contribution in [0.3, 0.4) is 0 Å². The highest BCUT2D eigenvalue weighted by Gasteiger charge is 2.30. The Morgan fingerprint density at radius 2 is 1.90 bits per heavy atom. The van der Waals surface area contributed by atoms with E-state index < -0.39 is 14.0 Å². The number of nitrogens with two attached hydrogens (primary N) is 1. The van der Waals surface area contributed by atoms with Crippen molar-refractivity contribution in [2.45, 2.75) is 90.1 Å². The number of unbranched alkanes of at least 4 members (excludes halogenated alkanes) is 1. The van der Waals surface area contributed by atoms with E-state index >= 15 is 0 Å². The zero-order valence-corrected chi connectivity index (χ0v) is 15.1. The molecule has 1 rings (SSSR count). The molecule has 1 aliphatic rings. The summed E-state index contributed by atoms with van der Waals surface area (Å²) in [7, 11) is -1.61. The second-order valence-corrected chi connectivity index (χ2v) is 11.5. The van der Waals surface area contributed by atoms with Crippen LogP contribution in [0.25, 0.3) is 0 Å². The Balaban J connectivity index is 2.37. The van der Waals surface area contributed by atoms with Crippen molar-refractivity contribution in [3.63, 3.8) is 0 Å². The van der Waals surface area contributed by atoms with Gasteiger partial charge in [0.1, 0.15) is 5.72 Å². The normalized spacial score (nSPS) is 21.2. The van der Waals surface area contributed by atoms with E-state index in [2.05, 4.69) is 32.2 Å². The van der Waals surface area contributed by atoms with Gasteiger partial charge in [0.25, 0.3) is 0 Å². The first-order valence-electron chi connectivity index (χ1n) is 8.50. The number of hydrogen-bond donors (Lipinski definition) is 1. The van der Waals surface area contributed by atoms with Gasteiger partial charge < -0.3 is 10.2 Å². The van der Waals surface area contributed by atoms with Crippen LogP contribution in [0.5, 0.6) is 0 Å². The maximum Gasteiger partial charge on any atom is 0.189 e. The maximum atomic E-state index is 6.35. The van der Waals surface area contributed by atoms with Crippen LogP contribution in [0.4, 0.5) is 0 Å². The second kappa shape index (κ2) is 8.35. The zero-order valence-electron chi connectivity index (χ0n) is 14.1. The Hall–Kier alpha value is -0.123. The van der Waals surface area contributed by atoms with E-state index in [1.54, 1.807) is 0 Å². The summed E-state index contributed by atoms with van der Waals surface area (Å²) in [6.07, 6.45) is 14.9. The molecule has 0 aromatic rings. The fourth-order valence-electron chi connectivity index (χ4n) is 3.15. The molecule has 0 aromatic heterocycles. The van der Waals surface area contributed by atoms with Crippen molar-refractivity contribution in [3.05, 3.63) is 12.2 Å². The van der Waals surface area contributed by atoms with Crippen LogP contribution >= 0.6 is 0 Å². The Kier molecular flexibility index (Phi) is 7.49. The summed E-state index contributed by atoms with van der Waals surface area (Å²) in [4.78, 5) is 0. The lowest BCUT2D eigenvalue weighted by atomic mass is 9.89. The lowest BCUT2D eigenvalue weighted by Crippen LogP contribution is -2.48. The Morgan fingerprint density at radius 1 is 1.25 bits per heavy atom. The van der Waals surface area contributed by atoms with E-state index in [0.29, 0.717) is 0 Å². The highest BCUT2D eigenvalue weighted by Crippen LogP contribution is 2.26. The highest BCUT2D eigenvalue weighted by molar-refractivity contribution is 6.71. The van der Waals surface area contributed by atoms with Crippen molar-refractivity contribution in [2.75, 3.05) is 0 Å². The van der Waals surface area contributed by atoms with E-state index in [9.17, 15) is 0 Å². The van der Waals surface area contributed by atoms with E-state index in [4.69, 9.17) is 10.2 Å². The summed E-state index contributed by atoms with van der Waals surface area (Å²) in [5.41, 5.74) is 5.86. The molecule has 3 heteroatoms. The van der Waals surface area contributed by atoms with Gasteiger partial charge in [0.15, 0.2) is 8.32 Å². The molecule has 0 bridgehead atoms. The fraction of sp³-hybridized carbons (Fsp3) is 0.882. The average molecular weight is 298 g/mol. The summed E-state index contributed by atoms with van der Waals surface area (Å²) in [6, 6.07) is 1.21. The van der Waals surface area contributed by atoms with Gasteiger partial charge in [-0.15, -0.1) is 0 Å². The third-order valence-electron chi connectivity index (χ3n) is 4.22. The third-order valence-corrected chi connectivity index (χ3v) is 6.80. The quantitative estimate of drug-likeness (QED) is 0.379. The molecule has 20 heavy (non-hydrogen) atoms. The standard InChI is InChI=1S/C17H35NOSi/c1-5-6-15-20(3,4)19-17(2,18)14-10-13-16-11-8-7-9-12-16/h10,13,16H,5-9,11-12,14-15,18H2,1-4H3. The molecule has 1 saturated carbocycles. The first-order chi connectivity index (χ1) is 9.35.